The zero-order valence-corrected chi connectivity index (χ0v) is 37.4. The largest absolute Gasteiger partial charge is 0.451 e. The average molecular weight is 1120 g/mol. The molecule has 1 aliphatic rings. The Kier molecular flexibility index (Phi) is 29.6. The van der Waals surface area contributed by atoms with Gasteiger partial charge in [0.1, 0.15) is 50.4 Å². The molecule has 21 heteroatoms. The van der Waals surface area contributed by atoms with Gasteiger partial charge in [0.2, 0.25) is 0 Å². The van der Waals surface area contributed by atoms with E-state index in [9.17, 15) is 40.7 Å². The summed E-state index contributed by atoms with van der Waals surface area (Å²) in [5.41, 5.74) is 5.41. The molecule has 0 radical (unpaired) electrons. The van der Waals surface area contributed by atoms with Gasteiger partial charge in [-0.25, -0.2) is 23.2 Å². The van der Waals surface area contributed by atoms with Crippen LogP contribution in [-0.4, -0.2) is 85.6 Å². The summed E-state index contributed by atoms with van der Waals surface area (Å²) in [6, 6.07) is 23.2. The Balaban J connectivity index is 0.000000985. The molecule has 67 heavy (non-hydrogen) atoms. The lowest BCUT2D eigenvalue weighted by molar-refractivity contribution is -0.0505. The van der Waals surface area contributed by atoms with E-state index in [2.05, 4.69) is 84.6 Å². The molecule has 0 saturated heterocycles. The van der Waals surface area contributed by atoms with Gasteiger partial charge in [-0.15, -0.1) is 0 Å². The van der Waals surface area contributed by atoms with Gasteiger partial charge in [0, 0.05) is 72.9 Å². The summed E-state index contributed by atoms with van der Waals surface area (Å²) in [6.45, 7) is -6.61. The van der Waals surface area contributed by atoms with Gasteiger partial charge >= 0.3 is 24.7 Å². The monoisotopic (exact) mass is 1120 g/mol. The Bertz CT molecular complexity index is 2380. The molecule has 1 atom stereocenters. The number of alkyl halides is 6. The Morgan fingerprint density at radius 3 is 1.84 bits per heavy atom. The van der Waals surface area contributed by atoms with Gasteiger partial charge in [0.05, 0.1) is 0 Å². The first-order chi connectivity index (χ1) is 30.3. The highest BCUT2D eigenvalue weighted by Crippen LogP contribution is 2.40. The fraction of sp³-hybridized carbons (Fsp3) is 0.326. The molecule has 3 heterocycles. The summed E-state index contributed by atoms with van der Waals surface area (Å²) < 4.78 is 91.2. The first-order valence-electron chi connectivity index (χ1n) is 18.6. The van der Waals surface area contributed by atoms with E-state index in [0.29, 0.717) is 30.4 Å². The lowest BCUT2D eigenvalue weighted by atomic mass is 9.92. The van der Waals surface area contributed by atoms with Gasteiger partial charge in [0.25, 0.3) is 0 Å². The topological polar surface area (TPSA) is 135 Å². The molecule has 7 rings (SSSR count). The van der Waals surface area contributed by atoms with E-state index >= 15 is 0 Å². The maximum Gasteiger partial charge on any atom is 0.410 e. The number of hydrogen-bond acceptors (Lipinski definition) is 8. The summed E-state index contributed by atoms with van der Waals surface area (Å²) in [7, 11) is 0. The third-order valence-corrected chi connectivity index (χ3v) is 10.1. The van der Waals surface area contributed by atoms with Crippen LogP contribution in [0.1, 0.15) is 68.5 Å². The molecule has 370 valence electrons. The lowest BCUT2D eigenvalue weighted by Gasteiger charge is -2.35. The minimum absolute atomic E-state index is 0. The van der Waals surface area contributed by atoms with Crippen LogP contribution < -0.4 is 14.3 Å². The fourth-order valence-electron chi connectivity index (χ4n) is 6.25. The summed E-state index contributed by atoms with van der Waals surface area (Å²) in [5, 5.41) is 2.31. The third-order valence-electron chi connectivity index (χ3n) is 8.80. The zero-order valence-electron chi connectivity index (χ0n) is 32.7. The molecule has 3 N–H and O–H groups in total. The number of fused-ring (bicyclic) bond motifs is 4. The Labute approximate surface area is 413 Å². The molecule has 1 amide bonds. The maximum absolute atomic E-state index is 12.6. The van der Waals surface area contributed by atoms with Crippen LogP contribution in [0.2, 0.25) is 0 Å². The van der Waals surface area contributed by atoms with Gasteiger partial charge < -0.3 is 28.9 Å². The van der Waals surface area contributed by atoms with Crippen molar-refractivity contribution in [1.29, 1.82) is 0 Å². The van der Waals surface area contributed by atoms with E-state index in [1.54, 1.807) is 12.1 Å². The highest BCUT2D eigenvalue weighted by molar-refractivity contribution is 9.10. The van der Waals surface area contributed by atoms with Crippen LogP contribution in [0, 0.1) is 0 Å². The summed E-state index contributed by atoms with van der Waals surface area (Å²) in [6.07, 6.45) is 3.57. The van der Waals surface area contributed by atoms with Crippen LogP contribution in [0.15, 0.2) is 100 Å². The molecule has 1 unspecified atom stereocenters. The minimum atomic E-state index is -2.92. The van der Waals surface area contributed by atoms with Gasteiger partial charge in [-0.3, -0.25) is 9.69 Å². The molecule has 1 aliphatic heterocycles. The third kappa shape index (κ3) is 19.3. The highest BCUT2D eigenvalue weighted by Gasteiger charge is 2.35. The van der Waals surface area contributed by atoms with Crippen molar-refractivity contribution in [2.24, 2.45) is 0 Å². The van der Waals surface area contributed by atoms with Crippen molar-refractivity contribution in [3.63, 3.8) is 0 Å². The second-order valence-electron chi connectivity index (χ2n) is 12.8. The average Bonchev–Trinajstić information content (AvgIpc) is 3.84. The highest BCUT2D eigenvalue weighted by atomic mass is 79.9. The standard InChI is InChI=1S/C21H18BrF3N2O3.C10H10BrClN2.C8H6F2O2.C3H4ClFO2.4CH4/c22-13-3-6-15-16-7-9-27(21(28)29-10-8-23)19(18(16)26-17(15)11-13)12-1-4-14(5-2-12)30-20(24)25;11-8-1-2-9-7(3-4-14-12)6-13-10(9)5-8;9-8(10)12-7-3-1-6(5-11)2-4-7;4-3(6)7-2-1-5;;;;/h1-6,11,19-20,26H,7-10H2;1-2,5-6,13-14H,3-4H2;1-5,8H;1-2H2;4*1H4. The quantitative estimate of drug-likeness (QED) is 0.0450. The van der Waals surface area contributed by atoms with Crippen LogP contribution in [0.4, 0.5) is 35.9 Å². The van der Waals surface area contributed by atoms with E-state index in [1.165, 1.54) is 52.2 Å². The molecule has 0 spiro atoms. The summed E-state index contributed by atoms with van der Waals surface area (Å²) in [4.78, 5) is 43.1. The zero-order chi connectivity index (χ0) is 45.9. The second-order valence-corrected chi connectivity index (χ2v) is 15.2. The van der Waals surface area contributed by atoms with Gasteiger partial charge in [-0.1, -0.05) is 85.8 Å². The number of H-pyrrole nitrogens is 2. The Hall–Kier alpha value is -4.95. The molecule has 0 fully saturated rings. The molecule has 0 aliphatic carbocycles. The Morgan fingerprint density at radius 2 is 1.33 bits per heavy atom. The van der Waals surface area contributed by atoms with Crippen molar-refractivity contribution in [2.75, 3.05) is 39.7 Å². The van der Waals surface area contributed by atoms with Crippen molar-refractivity contribution in [2.45, 2.75) is 61.8 Å². The number of amides is 1. The van der Waals surface area contributed by atoms with Gasteiger partial charge in [0.15, 0.2) is 0 Å². The van der Waals surface area contributed by atoms with E-state index in [4.69, 9.17) is 16.5 Å². The van der Waals surface area contributed by atoms with Crippen LogP contribution in [-0.2, 0) is 22.3 Å². The number of benzene rings is 4. The minimum Gasteiger partial charge on any atom is -0.451 e. The van der Waals surface area contributed by atoms with E-state index in [1.807, 2.05) is 30.5 Å². The number of aromatic amines is 2. The molecular weight excluding hydrogens is 1070 g/mol. The number of carbonyl (C=O) groups is 3. The molecule has 11 nitrogen and oxygen atoms in total. The number of ether oxygens (including phenoxy) is 4. The number of aromatic nitrogens is 2. The number of nitrogens with zero attached hydrogens (tertiary/aromatic N) is 1. The molecule has 4 aromatic carbocycles. The van der Waals surface area contributed by atoms with Crippen LogP contribution >= 0.6 is 55.2 Å². The molecule has 6 aromatic rings. The number of carbonyl (C=O) groups excluding carboxylic acids is 3. The number of halogens is 10. The molecule has 0 bridgehead atoms. The number of nitrogens with one attached hydrogen (secondary N) is 3. The smallest absolute Gasteiger partial charge is 0.410 e. The van der Waals surface area contributed by atoms with E-state index in [-0.39, 0.29) is 54.4 Å². The SMILES string of the molecule is C.C.C.C.ClNCCc1c[nH]c2cc(Br)ccc12.O=C(Cl)OCCF.O=C(OCCF)N1CCc2c([nH]c3cc(Br)ccc23)C1c1ccc(OC(F)F)cc1.O=Cc1ccc(OC(F)F)cc1. The summed E-state index contributed by atoms with van der Waals surface area (Å²) >= 11 is 17.0. The summed E-state index contributed by atoms with van der Waals surface area (Å²) in [5.74, 6) is 0.0764. The predicted molar refractivity (Wildman–Crippen MR) is 261 cm³/mol. The molecule has 2 aromatic heterocycles. The van der Waals surface area contributed by atoms with Crippen molar-refractivity contribution >= 4 is 94.9 Å². The lowest BCUT2D eigenvalue weighted by Crippen LogP contribution is -2.41. The van der Waals surface area contributed by atoms with Gasteiger partial charge in [-0.05, 0) is 102 Å². The number of aldehydes is 1. The Morgan fingerprint density at radius 1 is 0.791 bits per heavy atom. The predicted octanol–water partition coefficient (Wildman–Crippen LogP) is 14.8. The molecular formula is C46H54Br2Cl2F6N4O7. The number of hydrogen-bond donors (Lipinski definition) is 3. The first-order valence-corrected chi connectivity index (χ1v) is 20.9. The van der Waals surface area contributed by atoms with Crippen LogP contribution in [0.5, 0.6) is 11.5 Å². The maximum atomic E-state index is 12.6. The van der Waals surface area contributed by atoms with Crippen LogP contribution in [0.25, 0.3) is 21.8 Å². The first kappa shape index (κ1) is 62.1. The van der Waals surface area contributed by atoms with Crippen molar-refractivity contribution in [3.05, 3.63) is 128 Å². The van der Waals surface area contributed by atoms with E-state index in [0.717, 1.165) is 49.6 Å². The van der Waals surface area contributed by atoms with Crippen molar-refractivity contribution < 1.29 is 59.7 Å². The second kappa shape index (κ2) is 31.9. The number of rotatable bonds is 13. The molecule has 0 saturated carbocycles. The van der Waals surface area contributed by atoms with Gasteiger partial charge in [-0.2, -0.15) is 17.6 Å². The fourth-order valence-corrected chi connectivity index (χ4v) is 7.14. The normalized spacial score (nSPS) is 12.1. The van der Waals surface area contributed by atoms with Crippen LogP contribution in [0.3, 0.4) is 0 Å². The van der Waals surface area contributed by atoms with Crippen molar-refractivity contribution in [3.8, 4) is 11.5 Å². The van der Waals surface area contributed by atoms with Crippen molar-refractivity contribution in [1.82, 2.24) is 19.7 Å². The van der Waals surface area contributed by atoms with E-state index < -0.39 is 44.1 Å².